The Morgan fingerprint density at radius 1 is 1.10 bits per heavy atom. The van der Waals surface area contributed by atoms with Crippen molar-refractivity contribution in [3.05, 3.63) is 84.4 Å². The van der Waals surface area contributed by atoms with Crippen LogP contribution in [0.15, 0.2) is 73.3 Å². The summed E-state index contributed by atoms with van der Waals surface area (Å²) in [6.45, 7) is 4.43. The van der Waals surface area contributed by atoms with Gasteiger partial charge in [0.05, 0.1) is 13.2 Å². The van der Waals surface area contributed by atoms with Crippen molar-refractivity contribution in [2.45, 2.75) is 49.5 Å². The van der Waals surface area contributed by atoms with E-state index in [4.69, 9.17) is 23.7 Å². The number of rotatable bonds is 7. The highest BCUT2D eigenvalue weighted by Crippen LogP contribution is 2.41. The minimum absolute atomic E-state index is 0.231. The van der Waals surface area contributed by atoms with Crippen molar-refractivity contribution in [1.29, 1.82) is 0 Å². The SMILES string of the molecule is C=CC[C@@]1(O)[C@@H](OC)O[C@@H]2CO[C@@H](c3ccccc3)O[C@H]2[C@@H]1OCc1ccccc1. The van der Waals surface area contributed by atoms with Crippen molar-refractivity contribution in [1.82, 2.24) is 0 Å². The third-order valence-corrected chi connectivity index (χ3v) is 5.59. The van der Waals surface area contributed by atoms with Gasteiger partial charge in [-0.25, -0.2) is 0 Å². The van der Waals surface area contributed by atoms with Crippen LogP contribution in [0.25, 0.3) is 0 Å². The topological polar surface area (TPSA) is 66.4 Å². The fraction of sp³-hybridized carbons (Fsp3) is 0.417. The van der Waals surface area contributed by atoms with Crippen LogP contribution in [0, 0.1) is 0 Å². The van der Waals surface area contributed by atoms with E-state index in [9.17, 15) is 5.11 Å². The molecule has 1 N–H and O–H groups in total. The average molecular weight is 412 g/mol. The largest absolute Gasteiger partial charge is 0.381 e. The number of aliphatic hydroxyl groups is 1. The van der Waals surface area contributed by atoms with Gasteiger partial charge in [0.15, 0.2) is 12.6 Å². The molecule has 30 heavy (non-hydrogen) atoms. The molecule has 4 rings (SSSR count). The van der Waals surface area contributed by atoms with Gasteiger partial charge in [0.2, 0.25) is 0 Å². The average Bonchev–Trinajstić information content (AvgIpc) is 2.79. The predicted molar refractivity (Wildman–Crippen MR) is 110 cm³/mol. The molecule has 0 amide bonds. The summed E-state index contributed by atoms with van der Waals surface area (Å²) in [5, 5.41) is 11.6. The lowest BCUT2D eigenvalue weighted by Gasteiger charge is -2.52. The first-order chi connectivity index (χ1) is 14.7. The fourth-order valence-electron chi connectivity index (χ4n) is 4.11. The van der Waals surface area contributed by atoms with Crippen LogP contribution in [0.2, 0.25) is 0 Å². The van der Waals surface area contributed by atoms with Gasteiger partial charge >= 0.3 is 0 Å². The lowest BCUT2D eigenvalue weighted by molar-refractivity contribution is -0.389. The summed E-state index contributed by atoms with van der Waals surface area (Å²) in [5.41, 5.74) is 0.450. The second-order valence-corrected chi connectivity index (χ2v) is 7.62. The van der Waals surface area contributed by atoms with E-state index in [1.807, 2.05) is 60.7 Å². The number of hydrogen-bond donors (Lipinski definition) is 1. The van der Waals surface area contributed by atoms with Crippen molar-refractivity contribution < 1.29 is 28.8 Å². The van der Waals surface area contributed by atoms with E-state index < -0.39 is 36.5 Å². The van der Waals surface area contributed by atoms with E-state index in [-0.39, 0.29) is 6.42 Å². The van der Waals surface area contributed by atoms with Crippen LogP contribution in [-0.2, 0) is 30.3 Å². The molecule has 2 aliphatic rings. The molecular weight excluding hydrogens is 384 g/mol. The minimum Gasteiger partial charge on any atom is -0.381 e. The van der Waals surface area contributed by atoms with Crippen LogP contribution in [0.1, 0.15) is 23.8 Å². The lowest BCUT2D eigenvalue weighted by Crippen LogP contribution is -2.69. The number of methoxy groups -OCH3 is 1. The van der Waals surface area contributed by atoms with E-state index in [0.717, 1.165) is 11.1 Å². The maximum absolute atomic E-state index is 11.6. The first-order valence-electron chi connectivity index (χ1n) is 10.1. The second kappa shape index (κ2) is 9.39. The summed E-state index contributed by atoms with van der Waals surface area (Å²) in [6.07, 6.45) is -1.25. The van der Waals surface area contributed by atoms with Crippen molar-refractivity contribution in [2.24, 2.45) is 0 Å². The van der Waals surface area contributed by atoms with E-state index in [1.54, 1.807) is 6.08 Å². The number of fused-ring (bicyclic) bond motifs is 1. The number of hydrogen-bond acceptors (Lipinski definition) is 6. The third kappa shape index (κ3) is 4.21. The molecule has 160 valence electrons. The smallest absolute Gasteiger partial charge is 0.189 e. The molecule has 0 aliphatic carbocycles. The summed E-state index contributed by atoms with van der Waals surface area (Å²) < 4.78 is 30.0. The minimum atomic E-state index is -1.45. The van der Waals surface area contributed by atoms with Crippen LogP contribution in [0.5, 0.6) is 0 Å². The zero-order valence-corrected chi connectivity index (χ0v) is 17.1. The molecule has 0 aromatic heterocycles. The van der Waals surface area contributed by atoms with Crippen molar-refractivity contribution in [3.8, 4) is 0 Å². The Balaban J connectivity index is 1.62. The van der Waals surface area contributed by atoms with Gasteiger partial charge in [-0.3, -0.25) is 0 Å². The highest BCUT2D eigenvalue weighted by Gasteiger charge is 2.58. The van der Waals surface area contributed by atoms with Crippen LogP contribution in [0.3, 0.4) is 0 Å². The Morgan fingerprint density at radius 2 is 1.80 bits per heavy atom. The van der Waals surface area contributed by atoms with Crippen molar-refractivity contribution in [3.63, 3.8) is 0 Å². The van der Waals surface area contributed by atoms with Crippen molar-refractivity contribution >= 4 is 0 Å². The van der Waals surface area contributed by atoms with Gasteiger partial charge in [0.1, 0.15) is 23.9 Å². The molecule has 2 fully saturated rings. The van der Waals surface area contributed by atoms with Crippen LogP contribution in [-0.4, -0.2) is 49.0 Å². The normalized spacial score (nSPS) is 33.6. The first kappa shape index (κ1) is 21.2. The summed E-state index contributed by atoms with van der Waals surface area (Å²) in [4.78, 5) is 0. The maximum Gasteiger partial charge on any atom is 0.189 e. The molecule has 2 saturated heterocycles. The highest BCUT2D eigenvalue weighted by molar-refractivity contribution is 5.18. The first-order valence-corrected chi connectivity index (χ1v) is 10.1. The van der Waals surface area contributed by atoms with E-state index in [0.29, 0.717) is 13.2 Å². The molecule has 2 aliphatic heterocycles. The van der Waals surface area contributed by atoms with E-state index in [1.165, 1.54) is 7.11 Å². The lowest BCUT2D eigenvalue weighted by atomic mass is 9.83. The van der Waals surface area contributed by atoms with Gasteiger partial charge in [-0.15, -0.1) is 6.58 Å². The standard InChI is InChI=1S/C24H28O6/c1-3-14-24(25)21(27-15-17-10-6-4-7-11-17)20-19(29-23(24)26-2)16-28-22(30-20)18-12-8-5-9-13-18/h3-13,19-23,25H,1,14-16H2,2H3/t19-,20-,21+,22-,23+,24+/m1/s1. The Bertz CT molecular complexity index is 813. The summed E-state index contributed by atoms with van der Waals surface area (Å²) >= 11 is 0. The Morgan fingerprint density at radius 3 is 2.47 bits per heavy atom. The Labute approximate surface area is 177 Å². The fourth-order valence-corrected chi connectivity index (χ4v) is 4.11. The summed E-state index contributed by atoms with van der Waals surface area (Å²) in [6, 6.07) is 19.5. The molecule has 0 spiro atoms. The van der Waals surface area contributed by atoms with Crippen LogP contribution >= 0.6 is 0 Å². The molecule has 0 saturated carbocycles. The van der Waals surface area contributed by atoms with Gasteiger partial charge in [0, 0.05) is 19.1 Å². The summed E-state index contributed by atoms with van der Waals surface area (Å²) in [5.74, 6) is 0. The predicted octanol–water partition coefficient (Wildman–Crippen LogP) is 3.36. The highest BCUT2D eigenvalue weighted by atomic mass is 16.8. The maximum atomic E-state index is 11.6. The number of benzene rings is 2. The molecule has 0 unspecified atom stereocenters. The molecule has 6 atom stereocenters. The molecule has 0 radical (unpaired) electrons. The van der Waals surface area contributed by atoms with E-state index in [2.05, 4.69) is 6.58 Å². The van der Waals surface area contributed by atoms with Gasteiger partial charge in [-0.2, -0.15) is 0 Å². The van der Waals surface area contributed by atoms with Gasteiger partial charge in [0.25, 0.3) is 0 Å². The molecule has 2 aromatic rings. The second-order valence-electron chi connectivity index (χ2n) is 7.62. The van der Waals surface area contributed by atoms with Crippen LogP contribution < -0.4 is 0 Å². The molecule has 2 heterocycles. The Kier molecular flexibility index (Phi) is 6.63. The molecule has 0 bridgehead atoms. The Hall–Kier alpha value is -2.06. The quantitative estimate of drug-likeness (QED) is 0.704. The van der Waals surface area contributed by atoms with E-state index >= 15 is 0 Å². The zero-order chi connectivity index (χ0) is 21.0. The van der Waals surface area contributed by atoms with Crippen molar-refractivity contribution in [2.75, 3.05) is 13.7 Å². The molecule has 2 aromatic carbocycles. The van der Waals surface area contributed by atoms with Crippen LogP contribution in [0.4, 0.5) is 0 Å². The zero-order valence-electron chi connectivity index (χ0n) is 17.1. The number of ether oxygens (including phenoxy) is 5. The molecular formula is C24H28O6. The monoisotopic (exact) mass is 412 g/mol. The van der Waals surface area contributed by atoms with Gasteiger partial charge < -0.3 is 28.8 Å². The molecule has 6 heteroatoms. The third-order valence-electron chi connectivity index (χ3n) is 5.59. The molecule has 6 nitrogen and oxygen atoms in total. The summed E-state index contributed by atoms with van der Waals surface area (Å²) in [7, 11) is 1.50. The van der Waals surface area contributed by atoms with Gasteiger partial charge in [-0.05, 0) is 5.56 Å². The van der Waals surface area contributed by atoms with Gasteiger partial charge in [-0.1, -0.05) is 66.7 Å².